The highest BCUT2D eigenvalue weighted by Gasteiger charge is 2.01. The van der Waals surface area contributed by atoms with E-state index in [1.165, 1.54) is 12.1 Å². The van der Waals surface area contributed by atoms with Crippen molar-refractivity contribution in [3.63, 3.8) is 0 Å². The summed E-state index contributed by atoms with van der Waals surface area (Å²) in [4.78, 5) is 0. The second-order valence-electron chi connectivity index (χ2n) is 4.02. The van der Waals surface area contributed by atoms with Gasteiger partial charge in [0.25, 0.3) is 0 Å². The summed E-state index contributed by atoms with van der Waals surface area (Å²) in [5, 5.41) is 16.1. The third kappa shape index (κ3) is 3.38. The van der Waals surface area contributed by atoms with Crippen LogP contribution in [-0.2, 0) is 6.54 Å². The number of rotatable bonds is 6. The van der Waals surface area contributed by atoms with Crippen LogP contribution in [0.4, 0.5) is 4.39 Å². The molecule has 0 saturated heterocycles. The van der Waals surface area contributed by atoms with Crippen LogP contribution in [0.2, 0.25) is 0 Å². The van der Waals surface area contributed by atoms with Crippen LogP contribution in [0.1, 0.15) is 12.0 Å². The zero-order valence-corrected chi connectivity index (χ0v) is 10.0. The van der Waals surface area contributed by atoms with E-state index >= 15 is 0 Å². The molecule has 4 nitrogen and oxygen atoms in total. The van der Waals surface area contributed by atoms with Crippen LogP contribution in [0.3, 0.4) is 0 Å². The Morgan fingerprint density at radius 3 is 2.78 bits per heavy atom. The van der Waals surface area contributed by atoms with Crippen LogP contribution in [0.25, 0.3) is 5.69 Å². The molecule has 0 fully saturated rings. The van der Waals surface area contributed by atoms with Gasteiger partial charge in [-0.25, -0.2) is 9.07 Å². The molecular formula is C13H16FN3O. The van der Waals surface area contributed by atoms with Gasteiger partial charge in [-0.05, 0) is 37.2 Å². The lowest BCUT2D eigenvalue weighted by Gasteiger charge is -2.01. The van der Waals surface area contributed by atoms with Crippen molar-refractivity contribution >= 4 is 0 Å². The lowest BCUT2D eigenvalue weighted by Crippen LogP contribution is -2.15. The molecule has 0 spiro atoms. The van der Waals surface area contributed by atoms with Crippen molar-refractivity contribution in [3.05, 3.63) is 48.0 Å². The summed E-state index contributed by atoms with van der Waals surface area (Å²) in [5.74, 6) is -0.253. The van der Waals surface area contributed by atoms with Gasteiger partial charge in [-0.3, -0.25) is 0 Å². The predicted octanol–water partition coefficient (Wildman–Crippen LogP) is 1.48. The van der Waals surface area contributed by atoms with Crippen molar-refractivity contribution in [1.29, 1.82) is 0 Å². The summed E-state index contributed by atoms with van der Waals surface area (Å²) in [5.41, 5.74) is 1.88. The number of nitrogens with zero attached hydrogens (tertiary/aromatic N) is 2. The molecule has 0 amide bonds. The van der Waals surface area contributed by atoms with E-state index in [9.17, 15) is 4.39 Å². The summed E-state index contributed by atoms with van der Waals surface area (Å²) in [6, 6.07) is 6.20. The van der Waals surface area contributed by atoms with Crippen molar-refractivity contribution in [2.24, 2.45) is 0 Å². The van der Waals surface area contributed by atoms with E-state index in [1.807, 2.05) is 6.20 Å². The van der Waals surface area contributed by atoms with Gasteiger partial charge in [0.2, 0.25) is 0 Å². The molecule has 2 aromatic rings. The van der Waals surface area contributed by atoms with E-state index < -0.39 is 0 Å². The normalized spacial score (nSPS) is 10.8. The van der Waals surface area contributed by atoms with Gasteiger partial charge in [0, 0.05) is 24.9 Å². The molecule has 1 aromatic carbocycles. The molecule has 1 heterocycles. The maximum atomic E-state index is 12.8. The van der Waals surface area contributed by atoms with E-state index in [1.54, 1.807) is 23.0 Å². The van der Waals surface area contributed by atoms with Gasteiger partial charge in [0.15, 0.2) is 0 Å². The molecule has 1 aromatic heterocycles. The van der Waals surface area contributed by atoms with E-state index in [0.29, 0.717) is 6.54 Å². The molecule has 0 aliphatic carbocycles. The SMILES string of the molecule is OCCCNCc1cnn(-c2ccc(F)cc2)c1. The fraction of sp³-hybridized carbons (Fsp3) is 0.308. The first-order chi connectivity index (χ1) is 8.79. The topological polar surface area (TPSA) is 50.1 Å². The molecule has 2 rings (SSSR count). The first kappa shape index (κ1) is 12.7. The summed E-state index contributed by atoms with van der Waals surface area (Å²) in [6.45, 7) is 1.68. The largest absolute Gasteiger partial charge is 0.396 e. The summed E-state index contributed by atoms with van der Waals surface area (Å²) in [6.07, 6.45) is 4.42. The molecule has 96 valence electrons. The standard InChI is InChI=1S/C13H16FN3O/c14-12-2-4-13(5-3-12)17-10-11(9-16-17)8-15-6-1-7-18/h2-5,9-10,15,18H,1,6-8H2. The molecular weight excluding hydrogens is 233 g/mol. The van der Waals surface area contributed by atoms with Crippen molar-refractivity contribution < 1.29 is 9.50 Å². The lowest BCUT2D eigenvalue weighted by atomic mass is 10.3. The zero-order chi connectivity index (χ0) is 12.8. The van der Waals surface area contributed by atoms with Gasteiger partial charge >= 0.3 is 0 Å². The summed E-state index contributed by atoms with van der Waals surface area (Å²) < 4.78 is 14.5. The molecule has 0 radical (unpaired) electrons. The van der Waals surface area contributed by atoms with Crippen LogP contribution in [-0.4, -0.2) is 28.0 Å². The monoisotopic (exact) mass is 249 g/mol. The van der Waals surface area contributed by atoms with Crippen LogP contribution in [0.15, 0.2) is 36.7 Å². The van der Waals surface area contributed by atoms with Crippen molar-refractivity contribution in [3.8, 4) is 5.69 Å². The van der Waals surface area contributed by atoms with E-state index in [0.717, 1.165) is 24.2 Å². The van der Waals surface area contributed by atoms with Crippen molar-refractivity contribution in [2.45, 2.75) is 13.0 Å². The van der Waals surface area contributed by atoms with Gasteiger partial charge in [-0.15, -0.1) is 0 Å². The number of aromatic nitrogens is 2. The molecule has 2 N–H and O–H groups in total. The van der Waals surface area contributed by atoms with Crippen molar-refractivity contribution in [2.75, 3.05) is 13.2 Å². The van der Waals surface area contributed by atoms with Crippen LogP contribution in [0.5, 0.6) is 0 Å². The van der Waals surface area contributed by atoms with E-state index in [2.05, 4.69) is 10.4 Å². The Hall–Kier alpha value is -1.72. The predicted molar refractivity (Wildman–Crippen MR) is 66.9 cm³/mol. The third-order valence-corrected chi connectivity index (χ3v) is 2.57. The Kier molecular flexibility index (Phi) is 4.44. The first-order valence-electron chi connectivity index (χ1n) is 5.90. The number of hydrogen-bond acceptors (Lipinski definition) is 3. The molecule has 0 unspecified atom stereocenters. The van der Waals surface area contributed by atoms with Gasteiger partial charge in [0.1, 0.15) is 5.82 Å². The number of hydrogen-bond donors (Lipinski definition) is 2. The maximum absolute atomic E-state index is 12.8. The summed E-state index contributed by atoms with van der Waals surface area (Å²) >= 11 is 0. The fourth-order valence-electron chi connectivity index (χ4n) is 1.62. The van der Waals surface area contributed by atoms with Gasteiger partial charge < -0.3 is 10.4 Å². The molecule has 0 aliphatic rings. The van der Waals surface area contributed by atoms with Crippen LogP contribution in [0, 0.1) is 5.82 Å². The van der Waals surface area contributed by atoms with E-state index in [-0.39, 0.29) is 12.4 Å². The van der Waals surface area contributed by atoms with Gasteiger partial charge in [-0.2, -0.15) is 5.10 Å². The number of halogens is 1. The molecule has 0 bridgehead atoms. The fourth-order valence-corrected chi connectivity index (χ4v) is 1.62. The minimum atomic E-state index is -0.253. The number of nitrogens with one attached hydrogen (secondary N) is 1. The Morgan fingerprint density at radius 2 is 2.06 bits per heavy atom. The first-order valence-corrected chi connectivity index (χ1v) is 5.90. The summed E-state index contributed by atoms with van der Waals surface area (Å²) in [7, 11) is 0. The molecule has 18 heavy (non-hydrogen) atoms. The second-order valence-corrected chi connectivity index (χ2v) is 4.02. The quantitative estimate of drug-likeness (QED) is 0.762. The van der Waals surface area contributed by atoms with Gasteiger partial charge in [0.05, 0.1) is 11.9 Å². The lowest BCUT2D eigenvalue weighted by molar-refractivity contribution is 0.286. The number of benzene rings is 1. The minimum absolute atomic E-state index is 0.196. The molecule has 0 aliphatic heterocycles. The Labute approximate surface area is 105 Å². The molecule has 5 heteroatoms. The van der Waals surface area contributed by atoms with Crippen molar-refractivity contribution in [1.82, 2.24) is 15.1 Å². The Balaban J connectivity index is 1.95. The Bertz CT molecular complexity index is 481. The number of aliphatic hydroxyl groups is 1. The maximum Gasteiger partial charge on any atom is 0.123 e. The smallest absolute Gasteiger partial charge is 0.123 e. The third-order valence-electron chi connectivity index (χ3n) is 2.57. The van der Waals surface area contributed by atoms with E-state index in [4.69, 9.17) is 5.11 Å². The Morgan fingerprint density at radius 1 is 1.28 bits per heavy atom. The highest BCUT2D eigenvalue weighted by Crippen LogP contribution is 2.09. The van der Waals surface area contributed by atoms with Gasteiger partial charge in [-0.1, -0.05) is 0 Å². The van der Waals surface area contributed by atoms with Crippen LogP contribution >= 0.6 is 0 Å². The average molecular weight is 249 g/mol. The minimum Gasteiger partial charge on any atom is -0.396 e. The average Bonchev–Trinajstić information content (AvgIpc) is 2.84. The molecule has 0 atom stereocenters. The van der Waals surface area contributed by atoms with Crippen LogP contribution < -0.4 is 5.32 Å². The molecule has 0 saturated carbocycles. The highest BCUT2D eigenvalue weighted by molar-refractivity contribution is 5.31. The zero-order valence-electron chi connectivity index (χ0n) is 10.0. The second kappa shape index (κ2) is 6.28. The highest BCUT2D eigenvalue weighted by atomic mass is 19.1. The number of aliphatic hydroxyl groups excluding tert-OH is 1.